The molecule has 0 spiro atoms. The number of nitrogens with zero attached hydrogens (tertiary/aromatic N) is 3. The Hall–Kier alpha value is -1.95. The fourth-order valence-electron chi connectivity index (χ4n) is 3.25. The van der Waals surface area contributed by atoms with Gasteiger partial charge in [0.2, 0.25) is 0 Å². The maximum Gasteiger partial charge on any atom is 0.259 e. The molecule has 0 radical (unpaired) electrons. The first-order chi connectivity index (χ1) is 11.0. The molecule has 6 heteroatoms. The van der Waals surface area contributed by atoms with Crippen molar-refractivity contribution in [3.05, 3.63) is 23.0 Å². The van der Waals surface area contributed by atoms with Gasteiger partial charge in [0.1, 0.15) is 0 Å². The monoisotopic (exact) mass is 315 g/mol. The number of aryl methyl sites for hydroxylation is 1. The zero-order valence-electron chi connectivity index (χ0n) is 13.8. The highest BCUT2D eigenvalue weighted by Crippen LogP contribution is 2.41. The molecule has 0 bridgehead atoms. The van der Waals surface area contributed by atoms with Crippen molar-refractivity contribution in [1.29, 1.82) is 0 Å². The molecule has 1 aliphatic carbocycles. The van der Waals surface area contributed by atoms with Crippen LogP contribution in [-0.2, 0) is 4.74 Å². The van der Waals surface area contributed by atoms with Gasteiger partial charge in [-0.3, -0.25) is 4.79 Å². The van der Waals surface area contributed by atoms with Gasteiger partial charge in [0.15, 0.2) is 0 Å². The Labute approximate surface area is 134 Å². The molecule has 6 nitrogen and oxygen atoms in total. The maximum atomic E-state index is 13.2. The predicted molar refractivity (Wildman–Crippen MR) is 84.5 cm³/mol. The molecule has 2 aromatic heterocycles. The molecule has 0 atom stereocenters. The number of rotatable bonds is 2. The second-order valence-electron chi connectivity index (χ2n) is 7.14. The Kier molecular flexibility index (Phi) is 3.20. The van der Waals surface area contributed by atoms with Gasteiger partial charge in [-0.15, -0.1) is 0 Å². The Bertz CT molecular complexity index is 777. The third kappa shape index (κ3) is 2.41. The van der Waals surface area contributed by atoms with Crippen molar-refractivity contribution >= 4 is 17.0 Å². The standard InChI is InChI=1S/C17H21N3O3/c1-10-14-12(16(21)20-6-7-22-9-17(20,2)3)8-13(11-4-5-11)18-15(14)23-19-10/h8,11H,4-7,9H2,1-3H3. The van der Waals surface area contributed by atoms with Gasteiger partial charge in [0, 0.05) is 18.2 Å². The molecule has 23 heavy (non-hydrogen) atoms. The van der Waals surface area contributed by atoms with Crippen LogP contribution >= 0.6 is 0 Å². The second kappa shape index (κ2) is 5.03. The van der Waals surface area contributed by atoms with Gasteiger partial charge < -0.3 is 14.2 Å². The van der Waals surface area contributed by atoms with Crippen LogP contribution in [0.3, 0.4) is 0 Å². The third-order valence-electron chi connectivity index (χ3n) is 4.75. The van der Waals surface area contributed by atoms with E-state index in [1.54, 1.807) is 0 Å². The molecule has 4 rings (SSSR count). The minimum absolute atomic E-state index is 0.0129. The number of pyridine rings is 1. The van der Waals surface area contributed by atoms with E-state index in [1.807, 2.05) is 31.7 Å². The summed E-state index contributed by atoms with van der Waals surface area (Å²) >= 11 is 0. The summed E-state index contributed by atoms with van der Waals surface area (Å²) in [4.78, 5) is 19.7. The highest BCUT2D eigenvalue weighted by Gasteiger charge is 2.37. The van der Waals surface area contributed by atoms with E-state index >= 15 is 0 Å². The van der Waals surface area contributed by atoms with Crippen LogP contribution in [0.1, 0.15) is 54.4 Å². The van der Waals surface area contributed by atoms with Crippen molar-refractivity contribution in [3.63, 3.8) is 0 Å². The minimum Gasteiger partial charge on any atom is -0.377 e. The van der Waals surface area contributed by atoms with Crippen LogP contribution in [0.25, 0.3) is 11.1 Å². The normalized spacial score (nSPS) is 20.9. The lowest BCUT2D eigenvalue weighted by Crippen LogP contribution is -2.55. The van der Waals surface area contributed by atoms with Gasteiger partial charge in [0.25, 0.3) is 11.6 Å². The van der Waals surface area contributed by atoms with Crippen LogP contribution in [-0.4, -0.2) is 46.2 Å². The third-order valence-corrected chi connectivity index (χ3v) is 4.75. The lowest BCUT2D eigenvalue weighted by Gasteiger charge is -2.42. The number of amides is 1. The number of fused-ring (bicyclic) bond motifs is 1. The molecule has 1 saturated heterocycles. The van der Waals surface area contributed by atoms with E-state index in [9.17, 15) is 4.79 Å². The van der Waals surface area contributed by atoms with Crippen LogP contribution in [0.4, 0.5) is 0 Å². The van der Waals surface area contributed by atoms with Gasteiger partial charge in [-0.2, -0.15) is 0 Å². The summed E-state index contributed by atoms with van der Waals surface area (Å²) in [5, 5.41) is 4.75. The summed E-state index contributed by atoms with van der Waals surface area (Å²) in [5.74, 6) is 0.466. The molecule has 2 aliphatic rings. The van der Waals surface area contributed by atoms with E-state index < -0.39 is 0 Å². The number of ether oxygens (including phenoxy) is 1. The molecule has 122 valence electrons. The fourth-order valence-corrected chi connectivity index (χ4v) is 3.25. The SMILES string of the molecule is Cc1noc2nc(C3CC3)cc(C(=O)N3CCOCC3(C)C)c12. The minimum atomic E-state index is -0.324. The quantitative estimate of drug-likeness (QED) is 0.852. The molecule has 0 aromatic carbocycles. The van der Waals surface area contributed by atoms with Crippen molar-refractivity contribution in [3.8, 4) is 0 Å². The molecule has 1 aliphatic heterocycles. The molecule has 0 unspecified atom stereocenters. The summed E-state index contributed by atoms with van der Waals surface area (Å²) in [7, 11) is 0. The Morgan fingerprint density at radius 1 is 1.39 bits per heavy atom. The van der Waals surface area contributed by atoms with E-state index in [0.29, 0.717) is 42.6 Å². The first-order valence-corrected chi connectivity index (χ1v) is 8.14. The largest absolute Gasteiger partial charge is 0.377 e. The van der Waals surface area contributed by atoms with Crippen LogP contribution in [0.15, 0.2) is 10.6 Å². The van der Waals surface area contributed by atoms with E-state index in [2.05, 4.69) is 10.1 Å². The molecular formula is C17H21N3O3. The maximum absolute atomic E-state index is 13.2. The topological polar surface area (TPSA) is 68.5 Å². The number of carbonyl (C=O) groups excluding carboxylic acids is 1. The molecule has 1 amide bonds. The summed E-state index contributed by atoms with van der Waals surface area (Å²) in [6.45, 7) is 7.63. The van der Waals surface area contributed by atoms with E-state index in [-0.39, 0.29) is 11.4 Å². The Balaban J connectivity index is 1.83. The molecule has 2 fully saturated rings. The van der Waals surface area contributed by atoms with E-state index in [4.69, 9.17) is 9.26 Å². The predicted octanol–water partition coefficient (Wildman–Crippen LogP) is 2.66. The van der Waals surface area contributed by atoms with Crippen molar-refractivity contribution in [2.24, 2.45) is 0 Å². The van der Waals surface area contributed by atoms with Crippen molar-refractivity contribution in [2.45, 2.75) is 45.1 Å². The summed E-state index contributed by atoms with van der Waals surface area (Å²) in [6, 6.07) is 1.94. The van der Waals surface area contributed by atoms with Gasteiger partial charge in [-0.1, -0.05) is 5.16 Å². The van der Waals surface area contributed by atoms with Crippen molar-refractivity contribution in [1.82, 2.24) is 15.0 Å². The van der Waals surface area contributed by atoms with E-state index in [1.165, 1.54) is 0 Å². The molecule has 2 aromatic rings. The molecule has 3 heterocycles. The van der Waals surface area contributed by atoms with Crippen LogP contribution in [0.5, 0.6) is 0 Å². The van der Waals surface area contributed by atoms with Crippen molar-refractivity contribution in [2.75, 3.05) is 19.8 Å². The van der Waals surface area contributed by atoms with E-state index in [0.717, 1.165) is 23.9 Å². The molecule has 1 saturated carbocycles. The highest BCUT2D eigenvalue weighted by molar-refractivity contribution is 6.06. The van der Waals surface area contributed by atoms with Gasteiger partial charge in [0.05, 0.1) is 35.4 Å². The first-order valence-electron chi connectivity index (χ1n) is 8.14. The number of morpholine rings is 1. The number of hydrogen-bond acceptors (Lipinski definition) is 5. The average molecular weight is 315 g/mol. The number of aromatic nitrogens is 2. The fraction of sp³-hybridized carbons (Fsp3) is 0.588. The van der Waals surface area contributed by atoms with Gasteiger partial charge >= 0.3 is 0 Å². The lowest BCUT2D eigenvalue weighted by molar-refractivity contribution is -0.0369. The summed E-state index contributed by atoms with van der Waals surface area (Å²) in [5.41, 5.74) is 2.47. The second-order valence-corrected chi connectivity index (χ2v) is 7.14. The zero-order chi connectivity index (χ0) is 16.2. The highest BCUT2D eigenvalue weighted by atomic mass is 16.5. The average Bonchev–Trinajstić information content (AvgIpc) is 3.30. The summed E-state index contributed by atoms with van der Waals surface area (Å²) < 4.78 is 10.9. The zero-order valence-corrected chi connectivity index (χ0v) is 13.8. The summed E-state index contributed by atoms with van der Waals surface area (Å²) in [6.07, 6.45) is 2.25. The first kappa shape index (κ1) is 14.6. The van der Waals surface area contributed by atoms with Crippen LogP contribution in [0.2, 0.25) is 0 Å². The van der Waals surface area contributed by atoms with Crippen molar-refractivity contribution < 1.29 is 14.1 Å². The Morgan fingerprint density at radius 3 is 2.87 bits per heavy atom. The number of hydrogen-bond donors (Lipinski definition) is 0. The smallest absolute Gasteiger partial charge is 0.259 e. The van der Waals surface area contributed by atoms with Crippen LogP contribution < -0.4 is 0 Å². The number of carbonyl (C=O) groups is 1. The molecule has 0 N–H and O–H groups in total. The van der Waals surface area contributed by atoms with Crippen LogP contribution in [0, 0.1) is 6.92 Å². The van der Waals surface area contributed by atoms with Gasteiger partial charge in [-0.25, -0.2) is 4.98 Å². The van der Waals surface area contributed by atoms with Gasteiger partial charge in [-0.05, 0) is 39.7 Å². The molecular weight excluding hydrogens is 294 g/mol. The lowest BCUT2D eigenvalue weighted by atomic mass is 9.99. The Morgan fingerprint density at radius 2 is 2.17 bits per heavy atom.